The molecule has 0 saturated carbocycles. The molecule has 39 heavy (non-hydrogen) atoms. The number of rotatable bonds is 11. The highest BCUT2D eigenvalue weighted by molar-refractivity contribution is 5.74. The van der Waals surface area contributed by atoms with Crippen LogP contribution in [0.1, 0.15) is 43.2 Å². The van der Waals surface area contributed by atoms with E-state index in [1.807, 2.05) is 41.0 Å². The second-order valence-corrected chi connectivity index (χ2v) is 10.7. The number of hydrogen-bond donors (Lipinski definition) is 2. The van der Waals surface area contributed by atoms with Gasteiger partial charge in [-0.2, -0.15) is 0 Å². The number of amides is 1. The molecule has 7 nitrogen and oxygen atoms in total. The van der Waals surface area contributed by atoms with Gasteiger partial charge in [-0.15, -0.1) is 0 Å². The van der Waals surface area contributed by atoms with E-state index in [0.29, 0.717) is 19.0 Å². The summed E-state index contributed by atoms with van der Waals surface area (Å²) in [6.07, 6.45) is 3.52. The number of benzene rings is 3. The maximum Gasteiger partial charge on any atom is 0.407 e. The van der Waals surface area contributed by atoms with Gasteiger partial charge >= 0.3 is 11.8 Å². The number of hydrogen-bond acceptors (Lipinski definition) is 3. The number of carbonyl (C=O) groups is 1. The smallest absolute Gasteiger partial charge is 0.407 e. The highest BCUT2D eigenvalue weighted by Gasteiger charge is 2.31. The number of likely N-dealkylation sites (tertiary alicyclic amines) is 1. The number of fused-ring (bicyclic) bond motifs is 1. The molecule has 1 aromatic heterocycles. The molecule has 7 heteroatoms. The number of imidazole rings is 1. The first-order valence-electron chi connectivity index (χ1n) is 14.0. The molecule has 0 spiro atoms. The van der Waals surface area contributed by atoms with Crippen LogP contribution in [0.25, 0.3) is 11.0 Å². The number of aromatic amines is 1. The Morgan fingerprint density at radius 2 is 1.54 bits per heavy atom. The summed E-state index contributed by atoms with van der Waals surface area (Å²) in [5, 5.41) is 9.89. The minimum atomic E-state index is -0.822. The summed E-state index contributed by atoms with van der Waals surface area (Å²) in [6.45, 7) is 3.85. The Morgan fingerprint density at radius 1 is 0.897 bits per heavy atom. The van der Waals surface area contributed by atoms with Gasteiger partial charge in [0.1, 0.15) is 0 Å². The van der Waals surface area contributed by atoms with E-state index in [4.69, 9.17) is 0 Å². The summed E-state index contributed by atoms with van der Waals surface area (Å²) in [5.74, 6) is 0.399. The first-order valence-corrected chi connectivity index (χ1v) is 14.0. The van der Waals surface area contributed by atoms with E-state index >= 15 is 0 Å². The Hall–Kier alpha value is -3.84. The molecule has 0 radical (unpaired) electrons. The van der Waals surface area contributed by atoms with Crippen LogP contribution in [0.15, 0.2) is 89.7 Å². The van der Waals surface area contributed by atoms with Crippen LogP contribution in [-0.2, 0) is 19.6 Å². The van der Waals surface area contributed by atoms with Gasteiger partial charge in [0.05, 0.1) is 11.0 Å². The largest absolute Gasteiger partial charge is 0.465 e. The minimum Gasteiger partial charge on any atom is -0.465 e. The van der Waals surface area contributed by atoms with Crippen LogP contribution >= 0.6 is 0 Å². The van der Waals surface area contributed by atoms with E-state index in [1.54, 1.807) is 4.90 Å². The lowest BCUT2D eigenvalue weighted by Crippen LogP contribution is -2.46. The molecule has 0 aliphatic carbocycles. The Kier molecular flexibility index (Phi) is 8.78. The molecule has 1 aliphatic rings. The van der Waals surface area contributed by atoms with Crippen LogP contribution in [0.2, 0.25) is 0 Å². The molecule has 3 aromatic carbocycles. The first-order chi connectivity index (χ1) is 19.1. The highest BCUT2D eigenvalue weighted by Crippen LogP contribution is 2.29. The molecule has 2 atom stereocenters. The molecule has 4 aromatic rings. The third kappa shape index (κ3) is 6.98. The number of H-pyrrole nitrogens is 1. The van der Waals surface area contributed by atoms with Crippen LogP contribution < -0.4 is 5.69 Å². The van der Waals surface area contributed by atoms with Crippen molar-refractivity contribution in [3.05, 3.63) is 107 Å². The van der Waals surface area contributed by atoms with Gasteiger partial charge in [0.15, 0.2) is 0 Å². The normalized spacial score (nSPS) is 17.6. The molecule has 1 fully saturated rings. The third-order valence-electron chi connectivity index (χ3n) is 8.02. The average molecular weight is 527 g/mol. The van der Waals surface area contributed by atoms with Crippen LogP contribution in [0.3, 0.4) is 0 Å². The number of aromatic nitrogens is 2. The fourth-order valence-corrected chi connectivity index (χ4v) is 6.01. The van der Waals surface area contributed by atoms with Crippen molar-refractivity contribution in [1.29, 1.82) is 0 Å². The average Bonchev–Trinajstić information content (AvgIpc) is 3.27. The van der Waals surface area contributed by atoms with Crippen molar-refractivity contribution in [1.82, 2.24) is 19.4 Å². The number of aryl methyl sites for hydroxylation is 1. The van der Waals surface area contributed by atoms with Gasteiger partial charge in [-0.1, -0.05) is 72.8 Å². The van der Waals surface area contributed by atoms with Gasteiger partial charge in [-0.05, 0) is 67.8 Å². The number of para-hydroxylation sites is 2. The van der Waals surface area contributed by atoms with Gasteiger partial charge in [-0.25, -0.2) is 9.59 Å². The molecule has 204 valence electrons. The number of piperidine rings is 1. The van der Waals surface area contributed by atoms with Crippen LogP contribution in [0.5, 0.6) is 0 Å². The standard InChI is InChI=1S/C32H38N4O3/c37-31-33-29-15-7-8-16-30(29)36(31)21-18-25-17-20-35(32(38)39)28(22-25)14-9-19-34(23-26-10-3-1-4-11-26)24-27-12-5-2-6-13-27/h1-8,10-13,15-16,25,28H,9,14,17-24H2,(H,33,37)(H,38,39). The molecule has 2 N–H and O–H groups in total. The molecular weight excluding hydrogens is 488 g/mol. The van der Waals surface area contributed by atoms with Crippen molar-refractivity contribution in [3.8, 4) is 0 Å². The van der Waals surface area contributed by atoms with Gasteiger partial charge in [0.2, 0.25) is 0 Å². The molecule has 2 heterocycles. The zero-order valence-corrected chi connectivity index (χ0v) is 22.4. The Bertz CT molecular complexity index is 1360. The maximum atomic E-state index is 12.5. The van der Waals surface area contributed by atoms with E-state index in [-0.39, 0.29) is 11.7 Å². The summed E-state index contributed by atoms with van der Waals surface area (Å²) in [6, 6.07) is 28.8. The van der Waals surface area contributed by atoms with Crippen LogP contribution in [0, 0.1) is 5.92 Å². The third-order valence-corrected chi connectivity index (χ3v) is 8.02. The zero-order chi connectivity index (χ0) is 27.0. The van der Waals surface area contributed by atoms with Crippen molar-refractivity contribution in [2.75, 3.05) is 13.1 Å². The summed E-state index contributed by atoms with van der Waals surface area (Å²) in [5.41, 5.74) is 4.28. The predicted molar refractivity (Wildman–Crippen MR) is 155 cm³/mol. The van der Waals surface area contributed by atoms with E-state index in [1.165, 1.54) is 11.1 Å². The summed E-state index contributed by atoms with van der Waals surface area (Å²) < 4.78 is 1.82. The molecule has 5 rings (SSSR count). The van der Waals surface area contributed by atoms with Crippen molar-refractivity contribution < 1.29 is 9.90 Å². The molecule has 1 aliphatic heterocycles. The fourth-order valence-electron chi connectivity index (χ4n) is 6.01. The Balaban J connectivity index is 1.20. The summed E-state index contributed by atoms with van der Waals surface area (Å²) >= 11 is 0. The van der Waals surface area contributed by atoms with Crippen molar-refractivity contribution in [2.24, 2.45) is 5.92 Å². The van der Waals surface area contributed by atoms with Gasteiger partial charge in [0.25, 0.3) is 0 Å². The van der Waals surface area contributed by atoms with E-state index in [2.05, 4.69) is 58.4 Å². The zero-order valence-electron chi connectivity index (χ0n) is 22.4. The maximum absolute atomic E-state index is 12.5. The van der Waals surface area contributed by atoms with E-state index in [0.717, 1.165) is 62.8 Å². The molecule has 0 bridgehead atoms. The Labute approximate surface area is 229 Å². The topological polar surface area (TPSA) is 81.6 Å². The highest BCUT2D eigenvalue weighted by atomic mass is 16.4. The fraction of sp³-hybridized carbons (Fsp3) is 0.375. The van der Waals surface area contributed by atoms with Crippen molar-refractivity contribution in [2.45, 2.75) is 57.8 Å². The van der Waals surface area contributed by atoms with E-state index in [9.17, 15) is 14.7 Å². The molecule has 1 amide bonds. The van der Waals surface area contributed by atoms with Crippen LogP contribution in [0.4, 0.5) is 4.79 Å². The van der Waals surface area contributed by atoms with Gasteiger partial charge < -0.3 is 15.0 Å². The number of nitrogens with zero attached hydrogens (tertiary/aromatic N) is 3. The molecule has 1 saturated heterocycles. The van der Waals surface area contributed by atoms with Crippen molar-refractivity contribution >= 4 is 17.1 Å². The second kappa shape index (κ2) is 12.8. The predicted octanol–water partition coefficient (Wildman–Crippen LogP) is 5.96. The summed E-state index contributed by atoms with van der Waals surface area (Å²) in [7, 11) is 0. The quantitative estimate of drug-likeness (QED) is 0.253. The monoisotopic (exact) mass is 526 g/mol. The minimum absolute atomic E-state index is 0.0104. The van der Waals surface area contributed by atoms with Crippen LogP contribution in [-0.4, -0.2) is 49.7 Å². The lowest BCUT2D eigenvalue weighted by molar-refractivity contribution is 0.0807. The first kappa shape index (κ1) is 26.8. The second-order valence-electron chi connectivity index (χ2n) is 10.7. The molecule has 2 unspecified atom stereocenters. The van der Waals surface area contributed by atoms with Crippen molar-refractivity contribution in [3.63, 3.8) is 0 Å². The lowest BCUT2D eigenvalue weighted by atomic mass is 9.86. The van der Waals surface area contributed by atoms with E-state index < -0.39 is 6.09 Å². The van der Waals surface area contributed by atoms with Gasteiger partial charge in [-0.3, -0.25) is 9.47 Å². The van der Waals surface area contributed by atoms with Gasteiger partial charge in [0, 0.05) is 32.2 Å². The lowest BCUT2D eigenvalue weighted by Gasteiger charge is -2.38. The number of carboxylic acid groups (broad SMARTS) is 1. The number of nitrogens with one attached hydrogen (secondary N) is 1. The Morgan fingerprint density at radius 3 is 2.21 bits per heavy atom. The SMILES string of the molecule is O=C(O)N1CCC(CCn2c(=O)[nH]c3ccccc32)CC1CCCN(Cc1ccccc1)Cc1ccccc1. The molecular formula is C32H38N4O3. The summed E-state index contributed by atoms with van der Waals surface area (Å²) in [4.78, 5) is 31.6.